The van der Waals surface area contributed by atoms with Crippen molar-refractivity contribution >= 4 is 11.4 Å². The lowest BCUT2D eigenvalue weighted by molar-refractivity contribution is 0.0685. The van der Waals surface area contributed by atoms with Gasteiger partial charge < -0.3 is 15.4 Å². The van der Waals surface area contributed by atoms with E-state index in [1.165, 1.54) is 12.1 Å². The van der Waals surface area contributed by atoms with Crippen LogP contribution in [0.1, 0.15) is 12.8 Å². The highest BCUT2D eigenvalue weighted by molar-refractivity contribution is 5.56. The van der Waals surface area contributed by atoms with Crippen LogP contribution in [-0.4, -0.2) is 26.8 Å². The van der Waals surface area contributed by atoms with Crippen molar-refractivity contribution in [2.45, 2.75) is 12.8 Å². The van der Waals surface area contributed by atoms with Gasteiger partial charge >= 0.3 is 0 Å². The van der Waals surface area contributed by atoms with E-state index < -0.39 is 0 Å². The summed E-state index contributed by atoms with van der Waals surface area (Å²) in [7, 11) is 1.98. The molecule has 0 radical (unpaired) electrons. The number of nitrogen functional groups attached to an aromatic ring is 1. The second-order valence-corrected chi connectivity index (χ2v) is 4.68. The largest absolute Gasteiger partial charge is 0.399 e. The summed E-state index contributed by atoms with van der Waals surface area (Å²) < 4.78 is 18.6. The van der Waals surface area contributed by atoms with Gasteiger partial charge in [0.2, 0.25) is 0 Å². The Bertz CT molecular complexity index is 357. The second-order valence-electron chi connectivity index (χ2n) is 4.68. The van der Waals surface area contributed by atoms with E-state index in [9.17, 15) is 4.39 Å². The van der Waals surface area contributed by atoms with Crippen LogP contribution < -0.4 is 10.6 Å². The molecule has 1 aliphatic heterocycles. The van der Waals surface area contributed by atoms with Gasteiger partial charge in [0.15, 0.2) is 0 Å². The monoisotopic (exact) mass is 238 g/mol. The maximum Gasteiger partial charge on any atom is 0.127 e. The van der Waals surface area contributed by atoms with E-state index in [0.717, 1.165) is 38.3 Å². The fraction of sp³-hybridized carbons (Fsp3) is 0.538. The Labute approximate surface area is 101 Å². The third kappa shape index (κ3) is 3.33. The van der Waals surface area contributed by atoms with E-state index in [1.54, 1.807) is 0 Å². The summed E-state index contributed by atoms with van der Waals surface area (Å²) in [6.07, 6.45) is 2.16. The highest BCUT2D eigenvalue weighted by atomic mass is 19.1. The van der Waals surface area contributed by atoms with Gasteiger partial charge in [-0.05, 0) is 37.0 Å². The average Bonchev–Trinajstić information content (AvgIpc) is 2.29. The van der Waals surface area contributed by atoms with Gasteiger partial charge in [-0.1, -0.05) is 0 Å². The van der Waals surface area contributed by atoms with E-state index in [0.29, 0.717) is 11.6 Å². The maximum absolute atomic E-state index is 13.2. The molecule has 1 saturated heterocycles. The minimum absolute atomic E-state index is 0.279. The lowest BCUT2D eigenvalue weighted by Gasteiger charge is -2.28. The molecule has 4 heteroatoms. The molecule has 1 heterocycles. The topological polar surface area (TPSA) is 38.5 Å². The van der Waals surface area contributed by atoms with Crippen LogP contribution >= 0.6 is 0 Å². The molecule has 3 nitrogen and oxygen atoms in total. The smallest absolute Gasteiger partial charge is 0.127 e. The predicted octanol–water partition coefficient (Wildman–Crippen LogP) is 2.27. The molecule has 17 heavy (non-hydrogen) atoms. The number of hydrogen-bond donors (Lipinski definition) is 1. The summed E-state index contributed by atoms with van der Waals surface area (Å²) in [5.41, 5.74) is 6.96. The third-order valence-corrected chi connectivity index (χ3v) is 3.22. The van der Waals surface area contributed by atoms with Crippen molar-refractivity contribution in [2.24, 2.45) is 5.92 Å². The molecule has 1 aromatic rings. The first kappa shape index (κ1) is 12.2. The van der Waals surface area contributed by atoms with E-state index in [4.69, 9.17) is 10.5 Å². The van der Waals surface area contributed by atoms with Crippen molar-refractivity contribution in [3.8, 4) is 0 Å². The number of hydrogen-bond acceptors (Lipinski definition) is 3. The molecular formula is C13H19FN2O. The SMILES string of the molecule is CN(CC1CCOCC1)c1cc(N)cc(F)c1. The molecule has 0 spiro atoms. The maximum atomic E-state index is 13.2. The zero-order valence-electron chi connectivity index (χ0n) is 10.2. The van der Waals surface area contributed by atoms with Crippen molar-refractivity contribution in [1.29, 1.82) is 0 Å². The Kier molecular flexibility index (Phi) is 3.84. The number of benzene rings is 1. The lowest BCUT2D eigenvalue weighted by Crippen LogP contribution is -2.29. The van der Waals surface area contributed by atoms with Gasteiger partial charge in [0.1, 0.15) is 5.82 Å². The quantitative estimate of drug-likeness (QED) is 0.821. The Morgan fingerprint density at radius 3 is 2.71 bits per heavy atom. The van der Waals surface area contributed by atoms with Gasteiger partial charge in [0, 0.05) is 38.2 Å². The highest BCUT2D eigenvalue weighted by Crippen LogP contribution is 2.22. The summed E-state index contributed by atoms with van der Waals surface area (Å²) in [5.74, 6) is 0.345. The first-order valence-electron chi connectivity index (χ1n) is 6.00. The summed E-state index contributed by atoms with van der Waals surface area (Å²) >= 11 is 0. The van der Waals surface area contributed by atoms with Crippen LogP contribution in [-0.2, 0) is 4.74 Å². The fourth-order valence-electron chi connectivity index (χ4n) is 2.24. The van der Waals surface area contributed by atoms with Gasteiger partial charge in [0.25, 0.3) is 0 Å². The number of anilines is 2. The van der Waals surface area contributed by atoms with Crippen molar-refractivity contribution in [3.63, 3.8) is 0 Å². The summed E-state index contributed by atoms with van der Waals surface area (Å²) in [6.45, 7) is 2.60. The normalized spacial score (nSPS) is 17.1. The molecule has 0 unspecified atom stereocenters. The van der Waals surface area contributed by atoms with E-state index in [-0.39, 0.29) is 5.82 Å². The van der Waals surface area contributed by atoms with Gasteiger partial charge in [-0.25, -0.2) is 4.39 Å². The molecule has 0 atom stereocenters. The van der Waals surface area contributed by atoms with Crippen molar-refractivity contribution in [1.82, 2.24) is 0 Å². The molecule has 0 saturated carbocycles. The van der Waals surface area contributed by atoms with E-state index in [1.807, 2.05) is 13.1 Å². The fourth-order valence-corrected chi connectivity index (χ4v) is 2.24. The number of nitrogens with zero attached hydrogens (tertiary/aromatic N) is 1. The molecule has 1 aliphatic rings. The first-order chi connectivity index (χ1) is 8.15. The van der Waals surface area contributed by atoms with E-state index >= 15 is 0 Å². The van der Waals surface area contributed by atoms with Crippen LogP contribution in [0.3, 0.4) is 0 Å². The molecule has 0 amide bonds. The number of rotatable bonds is 3. The van der Waals surface area contributed by atoms with Gasteiger partial charge in [-0.15, -0.1) is 0 Å². The minimum atomic E-state index is -0.279. The van der Waals surface area contributed by atoms with Crippen LogP contribution in [0, 0.1) is 11.7 Å². The molecule has 1 aromatic carbocycles. The first-order valence-corrected chi connectivity index (χ1v) is 6.00. The molecule has 2 N–H and O–H groups in total. The summed E-state index contributed by atoms with van der Waals surface area (Å²) in [4.78, 5) is 2.06. The van der Waals surface area contributed by atoms with Crippen molar-refractivity contribution < 1.29 is 9.13 Å². The van der Waals surface area contributed by atoms with Gasteiger partial charge in [0.05, 0.1) is 0 Å². The van der Waals surface area contributed by atoms with Crippen LogP contribution in [0.2, 0.25) is 0 Å². The standard InChI is InChI=1S/C13H19FN2O/c1-16(9-10-2-4-17-5-3-10)13-7-11(14)6-12(15)8-13/h6-8,10H,2-5,9,15H2,1H3. The van der Waals surface area contributed by atoms with Crippen LogP contribution in [0.4, 0.5) is 15.8 Å². The molecule has 1 fully saturated rings. The average molecular weight is 238 g/mol. The molecule has 0 aliphatic carbocycles. The van der Waals surface area contributed by atoms with Gasteiger partial charge in [-0.3, -0.25) is 0 Å². The predicted molar refractivity (Wildman–Crippen MR) is 67.6 cm³/mol. The highest BCUT2D eigenvalue weighted by Gasteiger charge is 2.16. The Morgan fingerprint density at radius 1 is 1.35 bits per heavy atom. The Hall–Kier alpha value is -1.29. The zero-order chi connectivity index (χ0) is 12.3. The van der Waals surface area contributed by atoms with E-state index in [2.05, 4.69) is 4.90 Å². The summed E-state index contributed by atoms with van der Waals surface area (Å²) in [5, 5.41) is 0. The Morgan fingerprint density at radius 2 is 2.06 bits per heavy atom. The minimum Gasteiger partial charge on any atom is -0.399 e. The Balaban J connectivity index is 2.00. The van der Waals surface area contributed by atoms with Gasteiger partial charge in [-0.2, -0.15) is 0 Å². The third-order valence-electron chi connectivity index (χ3n) is 3.22. The van der Waals surface area contributed by atoms with Crippen LogP contribution in [0.15, 0.2) is 18.2 Å². The summed E-state index contributed by atoms with van der Waals surface area (Å²) in [6, 6.07) is 4.67. The number of halogens is 1. The number of nitrogens with two attached hydrogens (primary N) is 1. The van der Waals surface area contributed by atoms with Crippen molar-refractivity contribution in [2.75, 3.05) is 37.4 Å². The second kappa shape index (κ2) is 5.36. The molecular weight excluding hydrogens is 219 g/mol. The molecule has 2 rings (SSSR count). The molecule has 94 valence electrons. The molecule has 0 bridgehead atoms. The molecule has 0 aromatic heterocycles. The van der Waals surface area contributed by atoms with Crippen LogP contribution in [0.5, 0.6) is 0 Å². The zero-order valence-corrected chi connectivity index (χ0v) is 10.2. The van der Waals surface area contributed by atoms with Crippen molar-refractivity contribution in [3.05, 3.63) is 24.0 Å². The van der Waals surface area contributed by atoms with Crippen LogP contribution in [0.25, 0.3) is 0 Å². The lowest BCUT2D eigenvalue weighted by atomic mass is 9.99. The number of ether oxygens (including phenoxy) is 1.